The van der Waals surface area contributed by atoms with E-state index in [1.165, 1.54) is 19.4 Å². The molecule has 2 aliphatic heterocycles. The number of hydrogen-bond donors (Lipinski definition) is 2. The highest BCUT2D eigenvalue weighted by atomic mass is 16.7. The molecule has 3 atom stereocenters. The molecule has 0 saturated carbocycles. The normalized spacial score (nSPS) is 30.0. The summed E-state index contributed by atoms with van der Waals surface area (Å²) in [5.74, 6) is -1.54. The van der Waals surface area contributed by atoms with E-state index >= 15 is 0 Å². The van der Waals surface area contributed by atoms with Crippen LogP contribution in [0.2, 0.25) is 0 Å². The number of rotatable bonds is 2. The fraction of sp³-hybridized carbons (Fsp3) is 0.882. The van der Waals surface area contributed by atoms with Gasteiger partial charge in [-0.25, -0.2) is 0 Å². The van der Waals surface area contributed by atoms with Gasteiger partial charge < -0.3 is 24.4 Å². The third-order valence-corrected chi connectivity index (χ3v) is 3.17. The summed E-state index contributed by atoms with van der Waals surface area (Å²) in [5, 5.41) is 16.2. The minimum atomic E-state index is -1.50. The average molecular weight is 318 g/mol. The molecule has 0 bridgehead atoms. The van der Waals surface area contributed by atoms with Crippen LogP contribution >= 0.6 is 0 Å². The summed E-state index contributed by atoms with van der Waals surface area (Å²) < 4.78 is 17.1. The van der Waals surface area contributed by atoms with Crippen molar-refractivity contribution in [2.75, 3.05) is 13.2 Å². The van der Waals surface area contributed by atoms with Crippen LogP contribution < -0.4 is 0 Å². The van der Waals surface area contributed by atoms with Gasteiger partial charge in [0.2, 0.25) is 0 Å². The molecule has 2 heterocycles. The van der Waals surface area contributed by atoms with Gasteiger partial charge in [0.25, 0.3) is 0 Å². The summed E-state index contributed by atoms with van der Waals surface area (Å²) in [6.45, 7) is 18.0. The molecule has 5 nitrogen and oxygen atoms in total. The van der Waals surface area contributed by atoms with Crippen LogP contribution in [0.25, 0.3) is 0 Å². The first-order valence-electron chi connectivity index (χ1n) is 8.03. The molecule has 22 heavy (non-hydrogen) atoms. The monoisotopic (exact) mass is 318 g/mol. The van der Waals surface area contributed by atoms with Gasteiger partial charge in [0.15, 0.2) is 11.6 Å². The van der Waals surface area contributed by atoms with Crippen LogP contribution in [0.4, 0.5) is 0 Å². The molecule has 2 rings (SSSR count). The van der Waals surface area contributed by atoms with Crippen molar-refractivity contribution >= 4 is 0 Å². The predicted molar refractivity (Wildman–Crippen MR) is 87.4 cm³/mol. The summed E-state index contributed by atoms with van der Waals surface area (Å²) in [5.41, 5.74) is 1.19. The lowest BCUT2D eigenvalue weighted by Gasteiger charge is -2.25. The molecule has 2 saturated heterocycles. The zero-order valence-corrected chi connectivity index (χ0v) is 15.2. The largest absolute Gasteiger partial charge is 0.375 e. The van der Waals surface area contributed by atoms with Gasteiger partial charge in [-0.15, -0.1) is 0 Å². The Balaban J connectivity index is 0.000000540. The maximum absolute atomic E-state index is 8.08. The molecule has 2 N–H and O–H groups in total. The van der Waals surface area contributed by atoms with Crippen LogP contribution in [-0.4, -0.2) is 47.2 Å². The summed E-state index contributed by atoms with van der Waals surface area (Å²) >= 11 is 0. The highest BCUT2D eigenvalue weighted by Gasteiger charge is 2.43. The van der Waals surface area contributed by atoms with Gasteiger partial charge in [0.05, 0.1) is 12.7 Å². The first-order chi connectivity index (χ1) is 9.99. The van der Waals surface area contributed by atoms with Gasteiger partial charge in [-0.1, -0.05) is 26.0 Å². The molecule has 0 aromatic rings. The molecule has 0 spiro atoms. The molecular weight excluding hydrogens is 284 g/mol. The second-order valence-electron chi connectivity index (χ2n) is 6.44. The van der Waals surface area contributed by atoms with Crippen molar-refractivity contribution in [2.24, 2.45) is 5.92 Å². The minimum absolute atomic E-state index is 0.0594. The van der Waals surface area contributed by atoms with Gasteiger partial charge in [0.1, 0.15) is 6.10 Å². The maximum atomic E-state index is 8.08. The lowest BCUT2D eigenvalue weighted by atomic mass is 9.91. The number of ether oxygens (including phenoxy) is 3. The predicted octanol–water partition coefficient (Wildman–Crippen LogP) is 2.85. The first-order valence-corrected chi connectivity index (χ1v) is 8.03. The summed E-state index contributed by atoms with van der Waals surface area (Å²) in [6.07, 6.45) is 1.24. The van der Waals surface area contributed by atoms with Crippen molar-refractivity contribution in [1.82, 2.24) is 0 Å². The van der Waals surface area contributed by atoms with Gasteiger partial charge in [-0.3, -0.25) is 0 Å². The highest BCUT2D eigenvalue weighted by molar-refractivity contribution is 5.04. The lowest BCUT2D eigenvalue weighted by Crippen LogP contribution is -2.35. The third-order valence-electron chi connectivity index (χ3n) is 3.17. The van der Waals surface area contributed by atoms with Crippen molar-refractivity contribution < 1.29 is 24.4 Å². The maximum Gasteiger partial charge on any atom is 0.163 e. The SMILES string of the molecule is C=C(C)[C@@H]1CCOC1C1COC(C)(C)O1.CC.CC(C)(O)O. The molecule has 0 amide bonds. The summed E-state index contributed by atoms with van der Waals surface area (Å²) in [6, 6.07) is 0. The average Bonchev–Trinajstić information content (AvgIpc) is 2.95. The van der Waals surface area contributed by atoms with Crippen LogP contribution in [-0.2, 0) is 14.2 Å². The minimum Gasteiger partial charge on any atom is -0.375 e. The topological polar surface area (TPSA) is 68.2 Å². The molecule has 5 heteroatoms. The van der Waals surface area contributed by atoms with Crippen molar-refractivity contribution in [2.45, 2.75) is 78.7 Å². The first kappa shape index (κ1) is 21.5. The van der Waals surface area contributed by atoms with E-state index in [1.807, 2.05) is 27.7 Å². The molecule has 2 aliphatic rings. The van der Waals surface area contributed by atoms with E-state index in [9.17, 15) is 0 Å². The summed E-state index contributed by atoms with van der Waals surface area (Å²) in [4.78, 5) is 0. The molecule has 0 aliphatic carbocycles. The van der Waals surface area contributed by atoms with Crippen molar-refractivity contribution in [3.63, 3.8) is 0 Å². The van der Waals surface area contributed by atoms with E-state index in [1.54, 1.807) is 0 Å². The second-order valence-corrected chi connectivity index (χ2v) is 6.44. The van der Waals surface area contributed by atoms with E-state index in [0.717, 1.165) is 13.0 Å². The summed E-state index contributed by atoms with van der Waals surface area (Å²) in [7, 11) is 0. The van der Waals surface area contributed by atoms with Crippen molar-refractivity contribution in [1.29, 1.82) is 0 Å². The molecule has 132 valence electrons. The van der Waals surface area contributed by atoms with E-state index in [2.05, 4.69) is 13.5 Å². The van der Waals surface area contributed by atoms with Crippen molar-refractivity contribution in [3.8, 4) is 0 Å². The molecule has 2 unspecified atom stereocenters. The van der Waals surface area contributed by atoms with E-state index in [-0.39, 0.29) is 12.2 Å². The molecule has 0 aromatic carbocycles. The number of aliphatic hydroxyl groups is 2. The van der Waals surface area contributed by atoms with Gasteiger partial charge in [0, 0.05) is 12.5 Å². The van der Waals surface area contributed by atoms with Crippen LogP contribution in [0, 0.1) is 5.92 Å². The third kappa shape index (κ3) is 8.25. The molecule has 0 aromatic heterocycles. The van der Waals surface area contributed by atoms with E-state index < -0.39 is 11.6 Å². The Morgan fingerprint density at radius 2 is 1.73 bits per heavy atom. The van der Waals surface area contributed by atoms with Gasteiger partial charge in [-0.2, -0.15) is 0 Å². The molecule has 0 radical (unpaired) electrons. The van der Waals surface area contributed by atoms with Gasteiger partial charge in [-0.05, 0) is 41.0 Å². The Morgan fingerprint density at radius 1 is 1.23 bits per heavy atom. The van der Waals surface area contributed by atoms with Gasteiger partial charge >= 0.3 is 0 Å². The Labute approximate surface area is 135 Å². The van der Waals surface area contributed by atoms with E-state index in [0.29, 0.717) is 12.5 Å². The Bertz CT molecular complexity index is 326. The fourth-order valence-corrected chi connectivity index (χ4v) is 2.38. The second kappa shape index (κ2) is 8.99. The number of hydrogen-bond acceptors (Lipinski definition) is 5. The van der Waals surface area contributed by atoms with Crippen LogP contribution in [0.15, 0.2) is 12.2 Å². The highest BCUT2D eigenvalue weighted by Crippen LogP contribution is 2.35. The Kier molecular flexibility index (Phi) is 8.80. The Hall–Kier alpha value is -0.460. The van der Waals surface area contributed by atoms with Crippen LogP contribution in [0.1, 0.15) is 54.9 Å². The Morgan fingerprint density at radius 3 is 2.09 bits per heavy atom. The van der Waals surface area contributed by atoms with Crippen LogP contribution in [0.3, 0.4) is 0 Å². The fourth-order valence-electron chi connectivity index (χ4n) is 2.38. The smallest absolute Gasteiger partial charge is 0.163 e. The zero-order chi connectivity index (χ0) is 17.6. The quantitative estimate of drug-likeness (QED) is 0.605. The zero-order valence-electron chi connectivity index (χ0n) is 15.2. The lowest BCUT2D eigenvalue weighted by molar-refractivity contribution is -0.154. The van der Waals surface area contributed by atoms with Crippen LogP contribution in [0.5, 0.6) is 0 Å². The molecule has 2 fully saturated rings. The molecular formula is C17H34O5. The standard InChI is InChI=1S/C12H20O3.C3H8O2.C2H6/c1-8(2)9-5-6-13-11(9)10-7-14-12(3,4)15-10;1-3(2,4)5;1-2/h9-11H,1,5-7H2,2-4H3;4-5H,1-2H3;1-2H3/t9-,10?,11?;;/m0../s1. The van der Waals surface area contributed by atoms with Crippen molar-refractivity contribution in [3.05, 3.63) is 12.2 Å². The van der Waals surface area contributed by atoms with E-state index in [4.69, 9.17) is 24.4 Å².